The van der Waals surface area contributed by atoms with Crippen molar-refractivity contribution >= 4 is 31.2 Å². The highest BCUT2D eigenvalue weighted by atomic mass is 31.1. The Morgan fingerprint density at radius 1 is 1.21 bits per heavy atom. The molecule has 2 fully saturated rings. The fourth-order valence-electron chi connectivity index (χ4n) is 3.16. The zero-order valence-corrected chi connectivity index (χ0v) is 20.2. The molecular formula is C24H31FN3O4P. The molecule has 2 aromatic carbocycles. The average Bonchev–Trinajstić information content (AvgIpc) is 3.60. The molecular weight excluding hydrogens is 444 g/mol. The first-order valence-electron chi connectivity index (χ1n) is 10.8. The molecule has 0 spiro atoms. The van der Waals surface area contributed by atoms with Gasteiger partial charge >= 0.3 is 8.03 Å². The third-order valence-electron chi connectivity index (χ3n) is 5.58. The highest BCUT2D eigenvalue weighted by Crippen LogP contribution is 2.46. The van der Waals surface area contributed by atoms with E-state index in [0.29, 0.717) is 23.3 Å². The van der Waals surface area contributed by atoms with E-state index in [1.165, 1.54) is 24.3 Å². The number of aldehydes is 1. The number of hydrogen-bond acceptors (Lipinski definition) is 6. The van der Waals surface area contributed by atoms with Gasteiger partial charge in [0.15, 0.2) is 5.30 Å². The normalized spacial score (nSPS) is 16.3. The van der Waals surface area contributed by atoms with Gasteiger partial charge in [0, 0.05) is 56.0 Å². The molecule has 4 rings (SSSR count). The maximum atomic E-state index is 12.6. The van der Waals surface area contributed by atoms with Crippen molar-refractivity contribution < 1.29 is 23.4 Å². The lowest BCUT2D eigenvalue weighted by atomic mass is 10.1. The smallest absolute Gasteiger partial charge is 0.348 e. The Morgan fingerprint density at radius 2 is 1.88 bits per heavy atom. The summed E-state index contributed by atoms with van der Waals surface area (Å²) in [5, 5.41) is 6.35. The van der Waals surface area contributed by atoms with Crippen molar-refractivity contribution in [2.75, 3.05) is 38.5 Å². The van der Waals surface area contributed by atoms with Gasteiger partial charge in [0.25, 0.3) is 0 Å². The van der Waals surface area contributed by atoms with Crippen LogP contribution in [-0.2, 0) is 9.36 Å². The zero-order valence-electron chi connectivity index (χ0n) is 19.3. The predicted molar refractivity (Wildman–Crippen MR) is 127 cm³/mol. The Labute approximate surface area is 195 Å². The molecule has 178 valence electrons. The number of anilines is 1. The molecule has 0 aromatic heterocycles. The molecule has 1 unspecified atom stereocenters. The van der Waals surface area contributed by atoms with E-state index in [1.807, 2.05) is 11.9 Å². The standard InChI is InChI=1S/C9H16N2O.C8H10FN.C7H5O3P/c1-9(2-3-9)8(12)11-6-4-10-5-7-11;1-6-5-7(10-2)3-4-8(6)9;8-5-6-2-1-3-7(4-6)11(9)10/h10H,2-7H2,1H3;3-5,10H,1-2H3;1-5H. The minimum absolute atomic E-state index is 0.0251. The van der Waals surface area contributed by atoms with Crippen molar-refractivity contribution in [3.8, 4) is 0 Å². The summed E-state index contributed by atoms with van der Waals surface area (Å²) in [6, 6.07) is 10.8. The minimum Gasteiger partial charge on any atom is -0.591 e. The summed E-state index contributed by atoms with van der Waals surface area (Å²) in [7, 11) is -0.764. The van der Waals surface area contributed by atoms with Crippen LogP contribution in [0.25, 0.3) is 0 Å². The number of nitrogens with one attached hydrogen (secondary N) is 2. The molecule has 2 aliphatic rings. The monoisotopic (exact) mass is 475 g/mol. The van der Waals surface area contributed by atoms with Crippen LogP contribution in [-0.4, -0.2) is 50.3 Å². The first-order valence-corrected chi connectivity index (χ1v) is 12.0. The molecule has 0 radical (unpaired) electrons. The van der Waals surface area contributed by atoms with Crippen LogP contribution in [0.15, 0.2) is 42.5 Å². The summed E-state index contributed by atoms with van der Waals surface area (Å²) in [4.78, 5) is 34.4. The third-order valence-corrected chi connectivity index (χ3v) is 6.28. The molecule has 7 nitrogen and oxygen atoms in total. The molecule has 2 aromatic rings. The van der Waals surface area contributed by atoms with Crippen molar-refractivity contribution in [2.45, 2.75) is 26.7 Å². The van der Waals surface area contributed by atoms with Gasteiger partial charge in [-0.2, -0.15) is 0 Å². The van der Waals surface area contributed by atoms with Gasteiger partial charge in [0.05, 0.1) is 0 Å². The lowest BCUT2D eigenvalue weighted by molar-refractivity contribution is -0.160. The summed E-state index contributed by atoms with van der Waals surface area (Å²) in [5.41, 5.74) is 2.02. The fraction of sp³-hybridized carbons (Fsp3) is 0.417. The summed E-state index contributed by atoms with van der Waals surface area (Å²) >= 11 is 0. The van der Waals surface area contributed by atoms with Gasteiger partial charge in [-0.3, -0.25) is 9.59 Å². The molecule has 1 heterocycles. The highest BCUT2D eigenvalue weighted by molar-refractivity contribution is 7.45. The lowest BCUT2D eigenvalue weighted by Crippen LogP contribution is -2.48. The number of aryl methyl sites for hydroxylation is 1. The highest BCUT2D eigenvalue weighted by Gasteiger charge is 2.47. The predicted octanol–water partition coefficient (Wildman–Crippen LogP) is 2.62. The van der Waals surface area contributed by atoms with Crippen LogP contribution in [0.5, 0.6) is 0 Å². The Kier molecular flexibility index (Phi) is 10.1. The quantitative estimate of drug-likeness (QED) is 0.521. The van der Waals surface area contributed by atoms with Crippen molar-refractivity contribution in [3.63, 3.8) is 0 Å². The number of amides is 1. The summed E-state index contributed by atoms with van der Waals surface area (Å²) < 4.78 is 23.0. The van der Waals surface area contributed by atoms with Gasteiger partial charge in [-0.1, -0.05) is 23.6 Å². The Bertz CT molecular complexity index is 976. The summed E-state index contributed by atoms with van der Waals surface area (Å²) in [5.74, 6) is 0.225. The summed E-state index contributed by atoms with van der Waals surface area (Å²) in [6.45, 7) is 7.54. The van der Waals surface area contributed by atoms with Crippen LogP contribution < -0.4 is 20.8 Å². The van der Waals surface area contributed by atoms with E-state index < -0.39 is 8.03 Å². The van der Waals surface area contributed by atoms with Gasteiger partial charge in [-0.25, -0.2) is 4.39 Å². The molecule has 1 amide bonds. The Balaban J connectivity index is 0.000000176. The van der Waals surface area contributed by atoms with Gasteiger partial charge < -0.3 is 20.4 Å². The second-order valence-electron chi connectivity index (χ2n) is 8.29. The SMILES string of the molecule is CC1(C(=O)N2CCNCC2)CC1.CNc1ccc(F)c(C)c1.O=Cc1cccc([P+](=O)[O-])c1. The fourth-order valence-corrected chi connectivity index (χ4v) is 3.63. The van der Waals surface area contributed by atoms with E-state index in [9.17, 15) is 23.4 Å². The van der Waals surface area contributed by atoms with Crippen molar-refractivity contribution in [1.82, 2.24) is 10.2 Å². The molecule has 1 saturated carbocycles. The van der Waals surface area contributed by atoms with Crippen LogP contribution in [0.3, 0.4) is 0 Å². The topological polar surface area (TPSA) is 102 Å². The molecule has 33 heavy (non-hydrogen) atoms. The van der Waals surface area contributed by atoms with Crippen LogP contribution in [0.1, 0.15) is 35.7 Å². The van der Waals surface area contributed by atoms with Crippen molar-refractivity contribution in [3.05, 3.63) is 59.4 Å². The van der Waals surface area contributed by atoms with E-state index in [-0.39, 0.29) is 16.5 Å². The molecule has 1 saturated heterocycles. The van der Waals surface area contributed by atoms with Gasteiger partial charge in [0.1, 0.15) is 12.1 Å². The molecule has 1 aliphatic heterocycles. The number of rotatable bonds is 4. The van der Waals surface area contributed by atoms with E-state index in [2.05, 4.69) is 17.6 Å². The number of benzene rings is 2. The van der Waals surface area contributed by atoms with E-state index in [1.54, 1.807) is 25.1 Å². The van der Waals surface area contributed by atoms with Crippen molar-refractivity contribution in [2.24, 2.45) is 5.41 Å². The first kappa shape index (κ1) is 26.6. The zero-order chi connectivity index (χ0) is 24.4. The first-order chi connectivity index (χ1) is 15.7. The van der Waals surface area contributed by atoms with E-state index in [0.717, 1.165) is 44.7 Å². The molecule has 1 atom stereocenters. The van der Waals surface area contributed by atoms with Gasteiger partial charge in [-0.05, 0) is 49.6 Å². The third kappa shape index (κ3) is 8.31. The Hall–Kier alpha value is -2.67. The summed E-state index contributed by atoms with van der Waals surface area (Å²) in [6.07, 6.45) is 2.80. The van der Waals surface area contributed by atoms with Gasteiger partial charge in [-0.15, -0.1) is 0 Å². The minimum atomic E-state index is -2.58. The second-order valence-corrected chi connectivity index (χ2v) is 9.32. The molecule has 2 N–H and O–H groups in total. The number of piperazine rings is 1. The molecule has 9 heteroatoms. The number of carbonyl (C=O) groups is 2. The van der Waals surface area contributed by atoms with E-state index in [4.69, 9.17) is 0 Å². The van der Waals surface area contributed by atoms with E-state index >= 15 is 0 Å². The molecule has 0 bridgehead atoms. The second kappa shape index (κ2) is 12.5. The number of nitrogens with zero attached hydrogens (tertiary/aromatic N) is 1. The van der Waals surface area contributed by atoms with Crippen molar-refractivity contribution in [1.29, 1.82) is 0 Å². The van der Waals surface area contributed by atoms with Crippen LogP contribution in [0.2, 0.25) is 0 Å². The number of hydrogen-bond donors (Lipinski definition) is 2. The van der Waals surface area contributed by atoms with Crippen LogP contribution >= 0.6 is 8.03 Å². The largest absolute Gasteiger partial charge is 0.591 e. The Morgan fingerprint density at radius 3 is 2.39 bits per heavy atom. The number of carbonyl (C=O) groups excluding carboxylic acids is 2. The molecule has 1 aliphatic carbocycles. The lowest BCUT2D eigenvalue weighted by Gasteiger charge is -2.29. The maximum Gasteiger partial charge on any atom is 0.348 e. The van der Waals surface area contributed by atoms with Crippen LogP contribution in [0, 0.1) is 18.2 Å². The average molecular weight is 476 g/mol. The maximum absolute atomic E-state index is 12.6. The van der Waals surface area contributed by atoms with Gasteiger partial charge in [0.2, 0.25) is 5.91 Å². The van der Waals surface area contributed by atoms with Crippen LogP contribution in [0.4, 0.5) is 10.1 Å². The number of halogens is 1.